The van der Waals surface area contributed by atoms with Crippen molar-refractivity contribution in [3.05, 3.63) is 58.6 Å². The first kappa shape index (κ1) is 15.2. The fourth-order valence-electron chi connectivity index (χ4n) is 1.58. The van der Waals surface area contributed by atoms with Crippen molar-refractivity contribution in [1.82, 2.24) is 0 Å². The molecule has 1 N–H and O–H groups in total. The molecule has 1 atom stereocenters. The molecule has 0 aromatic heterocycles. The molecule has 2 aromatic carbocycles. The van der Waals surface area contributed by atoms with E-state index >= 15 is 0 Å². The van der Waals surface area contributed by atoms with Gasteiger partial charge in [-0.05, 0) is 49.4 Å². The lowest BCUT2D eigenvalue weighted by molar-refractivity contribution is -0.115. The average molecular weight is 326 g/mol. The molecule has 2 aromatic rings. The van der Waals surface area contributed by atoms with E-state index in [4.69, 9.17) is 23.2 Å². The molecule has 0 aliphatic heterocycles. The lowest BCUT2D eigenvalue weighted by atomic mass is 10.3. The second kappa shape index (κ2) is 7.02. The number of anilines is 1. The van der Waals surface area contributed by atoms with E-state index in [0.717, 1.165) is 4.90 Å². The van der Waals surface area contributed by atoms with Crippen molar-refractivity contribution >= 4 is 46.6 Å². The van der Waals surface area contributed by atoms with E-state index in [1.807, 2.05) is 37.3 Å². The minimum atomic E-state index is -0.213. The van der Waals surface area contributed by atoms with Crippen LogP contribution in [0.1, 0.15) is 6.92 Å². The van der Waals surface area contributed by atoms with Gasteiger partial charge < -0.3 is 5.32 Å². The predicted molar refractivity (Wildman–Crippen MR) is 86.9 cm³/mol. The highest BCUT2D eigenvalue weighted by Crippen LogP contribution is 2.25. The normalized spacial score (nSPS) is 11.9. The van der Waals surface area contributed by atoms with Gasteiger partial charge in [-0.2, -0.15) is 0 Å². The first-order chi connectivity index (χ1) is 9.54. The minimum absolute atomic E-state index is 0.0628. The summed E-state index contributed by atoms with van der Waals surface area (Å²) in [5.74, 6) is -0.0628. The van der Waals surface area contributed by atoms with Crippen LogP contribution in [0.4, 0.5) is 5.69 Å². The third kappa shape index (κ3) is 4.44. The Morgan fingerprint density at radius 3 is 2.45 bits per heavy atom. The number of nitrogens with one attached hydrogen (secondary N) is 1. The summed E-state index contributed by atoms with van der Waals surface area (Å²) in [6.45, 7) is 1.86. The maximum Gasteiger partial charge on any atom is 0.237 e. The zero-order chi connectivity index (χ0) is 14.5. The number of hydrogen-bond donors (Lipinski definition) is 1. The third-order valence-electron chi connectivity index (χ3n) is 2.59. The summed E-state index contributed by atoms with van der Waals surface area (Å²) in [5, 5.41) is 3.91. The zero-order valence-electron chi connectivity index (χ0n) is 10.8. The van der Waals surface area contributed by atoms with Crippen LogP contribution in [0.25, 0.3) is 0 Å². The Morgan fingerprint density at radius 2 is 1.80 bits per heavy atom. The summed E-state index contributed by atoms with van der Waals surface area (Å²) in [6.07, 6.45) is 0. The van der Waals surface area contributed by atoms with Crippen molar-refractivity contribution in [3.8, 4) is 0 Å². The Labute approximate surface area is 132 Å². The number of thioether (sulfide) groups is 1. The highest BCUT2D eigenvalue weighted by atomic mass is 35.5. The predicted octanol–water partition coefficient (Wildman–Crippen LogP) is 5.11. The topological polar surface area (TPSA) is 29.1 Å². The number of hydrogen-bond acceptors (Lipinski definition) is 2. The molecule has 20 heavy (non-hydrogen) atoms. The Hall–Kier alpha value is -1.16. The SMILES string of the molecule is C[C@@H](Sc1ccc(Cl)cc1)C(=O)Nc1cccc(Cl)c1. The van der Waals surface area contributed by atoms with Crippen LogP contribution in [0.15, 0.2) is 53.4 Å². The summed E-state index contributed by atoms with van der Waals surface area (Å²) in [5.41, 5.74) is 0.700. The van der Waals surface area contributed by atoms with E-state index in [1.165, 1.54) is 11.8 Å². The van der Waals surface area contributed by atoms with Gasteiger partial charge in [0.1, 0.15) is 0 Å². The largest absolute Gasteiger partial charge is 0.325 e. The van der Waals surface area contributed by atoms with Gasteiger partial charge in [0, 0.05) is 20.6 Å². The Kier molecular flexibility index (Phi) is 5.35. The molecule has 1 amide bonds. The smallest absolute Gasteiger partial charge is 0.237 e. The summed E-state index contributed by atoms with van der Waals surface area (Å²) in [7, 11) is 0. The van der Waals surface area contributed by atoms with E-state index in [9.17, 15) is 4.79 Å². The van der Waals surface area contributed by atoms with Crippen LogP contribution in [0.3, 0.4) is 0 Å². The van der Waals surface area contributed by atoms with Crippen LogP contribution in [-0.4, -0.2) is 11.2 Å². The maximum atomic E-state index is 12.1. The fourth-order valence-corrected chi connectivity index (χ4v) is 2.76. The van der Waals surface area contributed by atoms with Gasteiger partial charge >= 0.3 is 0 Å². The third-order valence-corrected chi connectivity index (χ3v) is 4.19. The monoisotopic (exact) mass is 325 g/mol. The van der Waals surface area contributed by atoms with Crippen molar-refractivity contribution in [1.29, 1.82) is 0 Å². The molecule has 5 heteroatoms. The molecule has 0 saturated heterocycles. The molecular formula is C15H13Cl2NOS. The van der Waals surface area contributed by atoms with Crippen LogP contribution in [-0.2, 0) is 4.79 Å². The van der Waals surface area contributed by atoms with Gasteiger partial charge in [0.15, 0.2) is 0 Å². The molecule has 2 rings (SSSR count). The van der Waals surface area contributed by atoms with Gasteiger partial charge in [0.25, 0.3) is 0 Å². The standard InChI is InChI=1S/C15H13Cl2NOS/c1-10(20-14-7-5-11(16)6-8-14)15(19)18-13-4-2-3-12(17)9-13/h2-10H,1H3,(H,18,19)/t10-/m1/s1. The second-order valence-electron chi connectivity index (χ2n) is 4.21. The first-order valence-electron chi connectivity index (χ1n) is 6.03. The Bertz CT molecular complexity index is 601. The number of amides is 1. The minimum Gasteiger partial charge on any atom is -0.325 e. The number of carbonyl (C=O) groups is 1. The van der Waals surface area contributed by atoms with Crippen LogP contribution >= 0.6 is 35.0 Å². The van der Waals surface area contributed by atoms with Gasteiger partial charge in [-0.3, -0.25) is 4.79 Å². The van der Waals surface area contributed by atoms with Crippen molar-refractivity contribution < 1.29 is 4.79 Å². The fraction of sp³-hybridized carbons (Fsp3) is 0.133. The van der Waals surface area contributed by atoms with Crippen molar-refractivity contribution in [2.75, 3.05) is 5.32 Å². The van der Waals surface area contributed by atoms with Crippen molar-refractivity contribution in [3.63, 3.8) is 0 Å². The number of halogens is 2. The van der Waals surface area contributed by atoms with E-state index in [2.05, 4.69) is 5.32 Å². The first-order valence-corrected chi connectivity index (χ1v) is 7.67. The van der Waals surface area contributed by atoms with E-state index < -0.39 is 0 Å². The average Bonchev–Trinajstić information content (AvgIpc) is 2.41. The summed E-state index contributed by atoms with van der Waals surface area (Å²) in [6, 6.07) is 14.5. The van der Waals surface area contributed by atoms with Gasteiger partial charge in [-0.15, -0.1) is 11.8 Å². The van der Waals surface area contributed by atoms with Crippen LogP contribution in [0.2, 0.25) is 10.0 Å². The molecular weight excluding hydrogens is 313 g/mol. The quantitative estimate of drug-likeness (QED) is 0.791. The summed E-state index contributed by atoms with van der Waals surface area (Å²) >= 11 is 13.2. The van der Waals surface area contributed by atoms with Crippen molar-refractivity contribution in [2.45, 2.75) is 17.1 Å². The molecule has 0 heterocycles. The molecule has 0 radical (unpaired) electrons. The maximum absolute atomic E-state index is 12.1. The molecule has 0 spiro atoms. The molecule has 104 valence electrons. The molecule has 0 unspecified atom stereocenters. The highest BCUT2D eigenvalue weighted by molar-refractivity contribution is 8.00. The van der Waals surface area contributed by atoms with Gasteiger partial charge in [-0.25, -0.2) is 0 Å². The molecule has 0 fully saturated rings. The van der Waals surface area contributed by atoms with Gasteiger partial charge in [0.2, 0.25) is 5.91 Å². The van der Waals surface area contributed by atoms with Crippen molar-refractivity contribution in [2.24, 2.45) is 0 Å². The van der Waals surface area contributed by atoms with Crippen LogP contribution in [0.5, 0.6) is 0 Å². The second-order valence-corrected chi connectivity index (χ2v) is 6.50. The van der Waals surface area contributed by atoms with E-state index in [0.29, 0.717) is 15.7 Å². The Morgan fingerprint density at radius 1 is 1.10 bits per heavy atom. The molecule has 2 nitrogen and oxygen atoms in total. The number of benzene rings is 2. The molecule has 0 aliphatic rings. The highest BCUT2D eigenvalue weighted by Gasteiger charge is 2.14. The number of rotatable bonds is 4. The summed E-state index contributed by atoms with van der Waals surface area (Å²) in [4.78, 5) is 13.1. The zero-order valence-corrected chi connectivity index (χ0v) is 13.1. The number of carbonyl (C=O) groups excluding carboxylic acids is 1. The van der Waals surface area contributed by atoms with Gasteiger partial charge in [0.05, 0.1) is 5.25 Å². The Balaban J connectivity index is 1.96. The van der Waals surface area contributed by atoms with E-state index in [1.54, 1.807) is 18.2 Å². The van der Waals surface area contributed by atoms with Crippen LogP contribution < -0.4 is 5.32 Å². The van der Waals surface area contributed by atoms with Gasteiger partial charge in [-0.1, -0.05) is 29.3 Å². The lowest BCUT2D eigenvalue weighted by Crippen LogP contribution is -2.22. The lowest BCUT2D eigenvalue weighted by Gasteiger charge is -2.12. The van der Waals surface area contributed by atoms with Crippen LogP contribution in [0, 0.1) is 0 Å². The molecule has 0 bridgehead atoms. The van der Waals surface area contributed by atoms with E-state index in [-0.39, 0.29) is 11.2 Å². The molecule has 0 saturated carbocycles. The summed E-state index contributed by atoms with van der Waals surface area (Å²) < 4.78 is 0. The molecule has 0 aliphatic carbocycles.